The summed E-state index contributed by atoms with van der Waals surface area (Å²) in [6.45, 7) is 30.0. The Morgan fingerprint density at radius 3 is 0.846 bits per heavy atom. The van der Waals surface area contributed by atoms with Gasteiger partial charge in [-0.15, -0.1) is 0 Å². The lowest BCUT2D eigenvalue weighted by atomic mass is 10.1. The molecule has 0 bridgehead atoms. The molecular weight excluding hydrogens is 690 g/mol. The van der Waals surface area contributed by atoms with Crippen LogP contribution in [0.25, 0.3) is 0 Å². The molecule has 1 aromatic rings. The van der Waals surface area contributed by atoms with Crippen molar-refractivity contribution in [1.29, 1.82) is 0 Å². The Balaban J connectivity index is 0. The van der Waals surface area contributed by atoms with E-state index in [1.807, 2.05) is 0 Å². The monoisotopic (exact) mass is 777 g/mol. The first-order valence-corrected chi connectivity index (χ1v) is 24.7. The van der Waals surface area contributed by atoms with Crippen molar-refractivity contribution in [3.05, 3.63) is 35.4 Å². The maximum absolute atomic E-state index is 11.3. The van der Waals surface area contributed by atoms with Crippen LogP contribution in [0.5, 0.6) is 0 Å². The lowest BCUT2D eigenvalue weighted by Gasteiger charge is -2.39. The fourth-order valence-electron chi connectivity index (χ4n) is 6.69. The molecule has 0 saturated carbocycles. The van der Waals surface area contributed by atoms with Crippen molar-refractivity contribution >= 4 is 15.2 Å². The molecule has 0 aliphatic rings. The van der Waals surface area contributed by atoms with Crippen LogP contribution in [0.2, 0.25) is 0 Å². The van der Waals surface area contributed by atoms with E-state index in [4.69, 9.17) is 0 Å². The van der Waals surface area contributed by atoms with E-state index in [2.05, 4.69) is 64.4 Å². The smallest absolute Gasteiger partial charge is 0.139 e. The molecule has 0 spiro atoms. The largest absolute Gasteiger partial charge is 0.778 e. The van der Waals surface area contributed by atoms with Gasteiger partial charge >= 0.3 is 0 Å². The van der Waals surface area contributed by atoms with Gasteiger partial charge in [0, 0.05) is 26.5 Å². The number of nitrogens with zero attached hydrogens (tertiary/aromatic N) is 2. The fourth-order valence-corrected chi connectivity index (χ4v) is 8.24. The van der Waals surface area contributed by atoms with Crippen LogP contribution in [0, 0.1) is 0 Å². The topological polar surface area (TPSA) is 98.7 Å². The molecule has 10 heteroatoms. The van der Waals surface area contributed by atoms with Gasteiger partial charge < -0.3 is 36.9 Å². The zero-order chi connectivity index (χ0) is 39.8. The maximum atomic E-state index is 11.3. The second kappa shape index (κ2) is 32.7. The summed E-state index contributed by atoms with van der Waals surface area (Å²) in [5.41, 5.74) is 0.951. The van der Waals surface area contributed by atoms with E-state index in [1.54, 1.807) is 18.2 Å². The minimum absolute atomic E-state index is 0.270. The van der Waals surface area contributed by atoms with Gasteiger partial charge in [0.25, 0.3) is 0 Å². The van der Waals surface area contributed by atoms with E-state index in [0.29, 0.717) is 11.1 Å². The molecular formula is C42H86N2O6P2. The lowest BCUT2D eigenvalue weighted by Crippen LogP contribution is -2.50. The van der Waals surface area contributed by atoms with Gasteiger partial charge in [0.15, 0.2) is 0 Å². The standard InChI is InChI=1S/2C16H36N.C10H16O6P2/c2*1-5-9-13-17(14-10-6-2,15-11-7-3)16-12-8-4;1-15-17(11,12)7-9-4-3-5-10(6-9)8-18(13,14)16-2/h2*5-16H2,1-4H3;3-6H,7-8H2,1-2H3,(H,11,12)(H,13,14)/q2*+1;/p-2. The predicted octanol–water partition coefficient (Wildman–Crippen LogP) is 11.1. The Hall–Kier alpha value is -0.560. The number of hydrogen-bond donors (Lipinski definition) is 0. The summed E-state index contributed by atoms with van der Waals surface area (Å²) in [5.74, 6) is 0. The second-order valence-electron chi connectivity index (χ2n) is 15.0. The van der Waals surface area contributed by atoms with Crippen molar-refractivity contribution in [2.24, 2.45) is 0 Å². The third-order valence-electron chi connectivity index (χ3n) is 10.2. The van der Waals surface area contributed by atoms with E-state index in [-0.39, 0.29) is 12.3 Å². The normalized spacial score (nSPS) is 14.1. The fraction of sp³-hybridized carbons (Fsp3) is 0.857. The third-order valence-corrected chi connectivity index (χ3v) is 12.8. The first-order chi connectivity index (χ1) is 24.8. The van der Waals surface area contributed by atoms with Crippen LogP contribution in [-0.2, 0) is 30.5 Å². The number of benzene rings is 1. The van der Waals surface area contributed by atoms with Crippen molar-refractivity contribution in [3.8, 4) is 0 Å². The van der Waals surface area contributed by atoms with Gasteiger partial charge in [-0.05, 0) is 62.5 Å². The summed E-state index contributed by atoms with van der Waals surface area (Å²) in [6.07, 6.45) is 21.6. The van der Waals surface area contributed by atoms with Crippen LogP contribution in [0.4, 0.5) is 0 Å². The van der Waals surface area contributed by atoms with Gasteiger partial charge in [-0.2, -0.15) is 0 Å². The van der Waals surface area contributed by atoms with E-state index < -0.39 is 15.2 Å². The first-order valence-electron chi connectivity index (χ1n) is 21.3. The third kappa shape index (κ3) is 27.1. The predicted molar refractivity (Wildman–Crippen MR) is 222 cm³/mol. The van der Waals surface area contributed by atoms with Crippen molar-refractivity contribution in [2.75, 3.05) is 66.6 Å². The molecule has 0 radical (unpaired) electrons. The van der Waals surface area contributed by atoms with Gasteiger partial charge in [-0.3, -0.25) is 0 Å². The summed E-state index contributed by atoms with van der Waals surface area (Å²) in [4.78, 5) is 22.6. The quantitative estimate of drug-likeness (QED) is 0.0570. The van der Waals surface area contributed by atoms with Crippen LogP contribution >= 0.6 is 15.2 Å². The number of rotatable bonds is 30. The van der Waals surface area contributed by atoms with Gasteiger partial charge in [-0.25, -0.2) is 0 Å². The zero-order valence-electron chi connectivity index (χ0n) is 35.9. The Morgan fingerprint density at radius 2 is 0.673 bits per heavy atom. The molecule has 0 heterocycles. The van der Waals surface area contributed by atoms with Crippen molar-refractivity contribution in [1.82, 2.24) is 0 Å². The van der Waals surface area contributed by atoms with Gasteiger partial charge in [-0.1, -0.05) is 131 Å². The molecule has 310 valence electrons. The molecule has 0 aliphatic heterocycles. The lowest BCUT2D eigenvalue weighted by molar-refractivity contribution is -0.929. The maximum Gasteiger partial charge on any atom is 0.139 e. The van der Waals surface area contributed by atoms with Gasteiger partial charge in [0.05, 0.1) is 52.4 Å². The zero-order valence-corrected chi connectivity index (χ0v) is 37.7. The first kappa shape index (κ1) is 53.5. The Labute approximate surface area is 323 Å². The second-order valence-corrected chi connectivity index (χ2v) is 18.8. The molecule has 0 amide bonds. The number of quaternary nitrogens is 2. The highest BCUT2D eigenvalue weighted by molar-refractivity contribution is 7.50. The summed E-state index contributed by atoms with van der Waals surface area (Å²) in [6, 6.07) is 6.29. The summed E-state index contributed by atoms with van der Waals surface area (Å²) in [7, 11) is -5.62. The molecule has 1 aromatic carbocycles. The van der Waals surface area contributed by atoms with Crippen LogP contribution in [0.15, 0.2) is 24.3 Å². The van der Waals surface area contributed by atoms with Crippen LogP contribution in [-0.4, -0.2) is 75.5 Å². The average molecular weight is 777 g/mol. The van der Waals surface area contributed by atoms with Crippen LogP contribution in [0.3, 0.4) is 0 Å². The van der Waals surface area contributed by atoms with Gasteiger partial charge in [0.1, 0.15) is 15.2 Å². The Bertz CT molecular complexity index is 905. The molecule has 0 aliphatic carbocycles. The Kier molecular flexibility index (Phi) is 33.6. The minimum atomic E-state index is -3.90. The van der Waals surface area contributed by atoms with Crippen molar-refractivity contribution in [2.45, 2.75) is 170 Å². The van der Waals surface area contributed by atoms with E-state index in [1.165, 1.54) is 170 Å². The summed E-state index contributed by atoms with van der Waals surface area (Å²) in [5, 5.41) is 0. The van der Waals surface area contributed by atoms with E-state index in [0.717, 1.165) is 14.2 Å². The van der Waals surface area contributed by atoms with E-state index >= 15 is 0 Å². The van der Waals surface area contributed by atoms with Gasteiger partial charge in [0.2, 0.25) is 0 Å². The Morgan fingerprint density at radius 1 is 0.462 bits per heavy atom. The molecule has 0 aromatic heterocycles. The molecule has 0 fully saturated rings. The average Bonchev–Trinajstić information content (AvgIpc) is 3.14. The number of unbranched alkanes of at least 4 members (excludes halogenated alkanes) is 8. The highest BCUT2D eigenvalue weighted by Gasteiger charge is 2.26. The summed E-state index contributed by atoms with van der Waals surface area (Å²) >= 11 is 0. The summed E-state index contributed by atoms with van der Waals surface area (Å²) < 4.78 is 34.1. The molecule has 0 saturated heterocycles. The minimum Gasteiger partial charge on any atom is -0.778 e. The molecule has 0 N–H and O–H groups in total. The molecule has 2 atom stereocenters. The SMILES string of the molecule is CCCC[N+](CCCC)(CCCC)CCCC.CCCC[N+](CCCC)(CCCC)CCCC.COP(=O)([O-])Cc1cccc(CP(=O)([O-])OC)c1. The molecule has 2 unspecified atom stereocenters. The van der Waals surface area contributed by atoms with E-state index in [9.17, 15) is 18.9 Å². The number of hydrogen-bond acceptors (Lipinski definition) is 6. The van der Waals surface area contributed by atoms with Crippen molar-refractivity contribution in [3.63, 3.8) is 0 Å². The highest BCUT2D eigenvalue weighted by atomic mass is 31.2. The van der Waals surface area contributed by atoms with Crippen molar-refractivity contribution < 1.29 is 36.9 Å². The highest BCUT2D eigenvalue weighted by Crippen LogP contribution is 2.42. The molecule has 1 rings (SSSR count). The van der Waals surface area contributed by atoms with Crippen LogP contribution in [0.1, 0.15) is 169 Å². The molecule has 8 nitrogen and oxygen atoms in total. The van der Waals surface area contributed by atoms with Crippen LogP contribution < -0.4 is 9.79 Å². The molecule has 52 heavy (non-hydrogen) atoms.